The van der Waals surface area contributed by atoms with Gasteiger partial charge < -0.3 is 4.74 Å². The van der Waals surface area contributed by atoms with E-state index >= 15 is 0 Å². The maximum Gasteiger partial charge on any atom is 0.336 e. The zero-order chi connectivity index (χ0) is 22.3. The lowest BCUT2D eigenvalue weighted by molar-refractivity contribution is -0.237. The number of esters is 1. The Bertz CT molecular complexity index is 979. The van der Waals surface area contributed by atoms with Crippen molar-refractivity contribution >= 4 is 12.4 Å². The van der Waals surface area contributed by atoms with Crippen LogP contribution in [0.1, 0.15) is 37.9 Å². The van der Waals surface area contributed by atoms with Crippen LogP contribution in [-0.2, 0) is 25.8 Å². The van der Waals surface area contributed by atoms with E-state index in [1.54, 1.807) is 0 Å². The Morgan fingerprint density at radius 1 is 0.871 bits per heavy atom. The van der Waals surface area contributed by atoms with Gasteiger partial charge in [0.2, 0.25) is 6.41 Å². The molecule has 0 aliphatic rings. The molecule has 0 spiro atoms. The molecule has 3 aromatic carbocycles. The molecule has 0 aliphatic heterocycles. The molecule has 0 fully saturated rings. The summed E-state index contributed by atoms with van der Waals surface area (Å²) >= 11 is 0. The number of carbonyl (C=O) groups is 2. The van der Waals surface area contributed by atoms with Crippen molar-refractivity contribution in [2.45, 2.75) is 39.0 Å². The molecule has 0 heterocycles. The van der Waals surface area contributed by atoms with Crippen LogP contribution in [-0.4, -0.2) is 23.0 Å². The van der Waals surface area contributed by atoms with E-state index in [4.69, 9.17) is 9.57 Å². The average molecular weight is 418 g/mol. The van der Waals surface area contributed by atoms with E-state index in [1.165, 1.54) is 0 Å². The van der Waals surface area contributed by atoms with Crippen LogP contribution in [0.4, 0.5) is 0 Å². The fourth-order valence-electron chi connectivity index (χ4n) is 3.13. The zero-order valence-corrected chi connectivity index (χ0v) is 18.0. The predicted octanol–water partition coefficient (Wildman–Crippen LogP) is 5.33. The van der Waals surface area contributed by atoms with Gasteiger partial charge in [-0.05, 0) is 43.0 Å². The quantitative estimate of drug-likeness (QED) is 0.283. The van der Waals surface area contributed by atoms with Gasteiger partial charge in [-0.3, -0.25) is 9.63 Å². The molecule has 0 saturated heterocycles. The predicted molar refractivity (Wildman–Crippen MR) is 120 cm³/mol. The summed E-state index contributed by atoms with van der Waals surface area (Å²) in [5.41, 5.74) is 2.88. The van der Waals surface area contributed by atoms with Gasteiger partial charge in [0.15, 0.2) is 6.04 Å². The summed E-state index contributed by atoms with van der Waals surface area (Å²) in [6.45, 7) is 5.55. The maximum atomic E-state index is 13.1. The van der Waals surface area contributed by atoms with Crippen molar-refractivity contribution in [2.75, 3.05) is 0 Å². The highest BCUT2D eigenvalue weighted by Crippen LogP contribution is 2.28. The van der Waals surface area contributed by atoms with Crippen molar-refractivity contribution in [1.82, 2.24) is 5.06 Å². The van der Waals surface area contributed by atoms with Gasteiger partial charge >= 0.3 is 5.97 Å². The lowest BCUT2D eigenvalue weighted by Gasteiger charge is -2.32. The minimum atomic E-state index is -1.02. The minimum absolute atomic E-state index is 0.112. The molecule has 1 unspecified atom stereocenters. The molecule has 0 bridgehead atoms. The Balaban J connectivity index is 1.87. The summed E-state index contributed by atoms with van der Waals surface area (Å²) < 4.78 is 5.54. The number of carbonyl (C=O) groups excluding carboxylic acids is 2. The summed E-state index contributed by atoms with van der Waals surface area (Å²) in [4.78, 5) is 30.7. The Hall–Kier alpha value is -3.44. The van der Waals surface area contributed by atoms with Gasteiger partial charge in [0.05, 0.1) is 5.60 Å². The van der Waals surface area contributed by atoms with Crippen LogP contribution in [0.15, 0.2) is 84.9 Å². The number of nitrogens with zero attached hydrogens (tertiary/aromatic N) is 1. The van der Waals surface area contributed by atoms with Gasteiger partial charge in [0, 0.05) is 0 Å². The lowest BCUT2D eigenvalue weighted by atomic mass is 10.0. The molecular weight excluding hydrogens is 390 g/mol. The molecule has 0 radical (unpaired) electrons. The van der Waals surface area contributed by atoms with Crippen molar-refractivity contribution in [3.05, 3.63) is 96.1 Å². The smallest absolute Gasteiger partial charge is 0.336 e. The molecule has 1 atom stereocenters. The number of benzene rings is 3. The van der Waals surface area contributed by atoms with Crippen molar-refractivity contribution in [3.63, 3.8) is 0 Å². The Morgan fingerprint density at radius 2 is 1.42 bits per heavy atom. The standard InChI is InChI=1S/C26H27NO4/c1-26(2,3)31-27(19-28)24(25(29)30-18-20-10-6-4-7-11-20)23-16-14-22(15-17-23)21-12-8-5-9-13-21/h4-17,19,24H,18H2,1-3H3. The highest BCUT2D eigenvalue weighted by atomic mass is 16.7. The second-order valence-electron chi connectivity index (χ2n) is 8.15. The molecule has 5 nitrogen and oxygen atoms in total. The first kappa shape index (κ1) is 22.2. The molecule has 0 aromatic heterocycles. The lowest BCUT2D eigenvalue weighted by Crippen LogP contribution is -2.39. The first-order chi connectivity index (χ1) is 14.9. The minimum Gasteiger partial charge on any atom is -0.459 e. The molecule has 1 amide bonds. The van der Waals surface area contributed by atoms with Crippen LogP contribution in [0.25, 0.3) is 11.1 Å². The molecular formula is C26H27NO4. The van der Waals surface area contributed by atoms with Crippen LogP contribution in [0, 0.1) is 0 Å². The highest BCUT2D eigenvalue weighted by molar-refractivity contribution is 5.80. The van der Waals surface area contributed by atoms with Crippen molar-refractivity contribution in [2.24, 2.45) is 0 Å². The number of ether oxygens (including phenoxy) is 1. The maximum absolute atomic E-state index is 13.1. The van der Waals surface area contributed by atoms with E-state index in [0.29, 0.717) is 12.0 Å². The SMILES string of the molecule is CC(C)(C)ON(C=O)C(C(=O)OCc1ccccc1)c1ccc(-c2ccccc2)cc1. The topological polar surface area (TPSA) is 55.8 Å². The number of hydroxylamine groups is 2. The van der Waals surface area contributed by atoms with E-state index in [9.17, 15) is 9.59 Å². The first-order valence-corrected chi connectivity index (χ1v) is 10.2. The van der Waals surface area contributed by atoms with Gasteiger partial charge in [-0.25, -0.2) is 9.86 Å². The van der Waals surface area contributed by atoms with Crippen LogP contribution < -0.4 is 0 Å². The summed E-state index contributed by atoms with van der Waals surface area (Å²) in [5.74, 6) is -0.562. The van der Waals surface area contributed by atoms with Crippen molar-refractivity contribution in [1.29, 1.82) is 0 Å². The second-order valence-corrected chi connectivity index (χ2v) is 8.15. The highest BCUT2D eigenvalue weighted by Gasteiger charge is 2.32. The van der Waals surface area contributed by atoms with E-state index in [1.807, 2.05) is 106 Å². The molecule has 160 valence electrons. The summed E-state index contributed by atoms with van der Waals surface area (Å²) in [7, 11) is 0. The van der Waals surface area contributed by atoms with Crippen LogP contribution >= 0.6 is 0 Å². The third kappa shape index (κ3) is 6.27. The fraction of sp³-hybridized carbons (Fsp3) is 0.231. The summed E-state index contributed by atoms with van der Waals surface area (Å²) in [5, 5.41) is 1.03. The molecule has 0 aliphatic carbocycles. The monoisotopic (exact) mass is 417 g/mol. The van der Waals surface area contributed by atoms with E-state index in [2.05, 4.69) is 0 Å². The van der Waals surface area contributed by atoms with Gasteiger partial charge in [-0.1, -0.05) is 84.9 Å². The third-order valence-corrected chi connectivity index (χ3v) is 4.52. The van der Waals surface area contributed by atoms with Gasteiger partial charge in [-0.15, -0.1) is 0 Å². The number of amides is 1. The Kier molecular flexibility index (Phi) is 7.21. The van der Waals surface area contributed by atoms with Gasteiger partial charge in [0.1, 0.15) is 6.61 Å². The Labute approximate surface area is 183 Å². The van der Waals surface area contributed by atoms with Crippen molar-refractivity contribution < 1.29 is 19.2 Å². The average Bonchev–Trinajstić information content (AvgIpc) is 2.78. The van der Waals surface area contributed by atoms with E-state index < -0.39 is 17.6 Å². The molecule has 0 saturated carbocycles. The molecule has 5 heteroatoms. The molecule has 31 heavy (non-hydrogen) atoms. The fourth-order valence-corrected chi connectivity index (χ4v) is 3.13. The Morgan fingerprint density at radius 3 is 1.97 bits per heavy atom. The van der Waals surface area contributed by atoms with Gasteiger partial charge in [0.25, 0.3) is 0 Å². The largest absolute Gasteiger partial charge is 0.459 e. The zero-order valence-electron chi connectivity index (χ0n) is 18.0. The summed E-state index contributed by atoms with van der Waals surface area (Å²) in [6.07, 6.45) is 0.519. The molecule has 3 rings (SSSR count). The number of hydrogen-bond donors (Lipinski definition) is 0. The van der Waals surface area contributed by atoms with Crippen LogP contribution in [0.5, 0.6) is 0 Å². The first-order valence-electron chi connectivity index (χ1n) is 10.2. The molecule has 0 N–H and O–H groups in total. The second kappa shape index (κ2) is 10.0. The normalized spacial score (nSPS) is 12.1. The summed E-state index contributed by atoms with van der Waals surface area (Å²) in [6, 6.07) is 25.8. The van der Waals surface area contributed by atoms with Crippen LogP contribution in [0.2, 0.25) is 0 Å². The van der Waals surface area contributed by atoms with Gasteiger partial charge in [-0.2, -0.15) is 0 Å². The third-order valence-electron chi connectivity index (χ3n) is 4.52. The molecule has 3 aromatic rings. The van der Waals surface area contributed by atoms with Crippen LogP contribution in [0.3, 0.4) is 0 Å². The van der Waals surface area contributed by atoms with E-state index in [-0.39, 0.29) is 6.61 Å². The number of rotatable bonds is 8. The number of hydrogen-bond acceptors (Lipinski definition) is 4. The van der Waals surface area contributed by atoms with E-state index in [0.717, 1.165) is 21.8 Å². The van der Waals surface area contributed by atoms with Crippen molar-refractivity contribution in [3.8, 4) is 11.1 Å².